The molecule has 16 heavy (non-hydrogen) atoms. The van der Waals surface area contributed by atoms with Crippen molar-refractivity contribution in [1.82, 2.24) is 0 Å². The predicted octanol–water partition coefficient (Wildman–Crippen LogP) is 1.58. The van der Waals surface area contributed by atoms with Gasteiger partial charge in [-0.25, -0.2) is 0 Å². The fourth-order valence-electron chi connectivity index (χ4n) is 2.13. The van der Waals surface area contributed by atoms with Crippen molar-refractivity contribution < 1.29 is 14.6 Å². The molecule has 94 valence electrons. The molecule has 0 aromatic heterocycles. The Bertz CT molecular complexity index is 217. The van der Waals surface area contributed by atoms with Gasteiger partial charge >= 0.3 is 5.97 Å². The van der Waals surface area contributed by atoms with Crippen LogP contribution in [-0.4, -0.2) is 27.8 Å². The number of halogens is 1. The van der Waals surface area contributed by atoms with Crippen molar-refractivity contribution in [3.8, 4) is 0 Å². The zero-order valence-electron chi connectivity index (χ0n) is 9.40. The van der Waals surface area contributed by atoms with Gasteiger partial charge in [0.25, 0.3) is 0 Å². The third-order valence-electron chi connectivity index (χ3n) is 3.20. The first kappa shape index (κ1) is 14.2. The van der Waals surface area contributed by atoms with Gasteiger partial charge in [0.1, 0.15) is 10.7 Å². The number of hydrogen-bond donors (Lipinski definition) is 2. The first-order valence-electron chi connectivity index (χ1n) is 5.79. The van der Waals surface area contributed by atoms with Crippen LogP contribution in [0.3, 0.4) is 0 Å². The van der Waals surface area contributed by atoms with Gasteiger partial charge in [-0.3, -0.25) is 4.79 Å². The number of aliphatic hydroxyl groups excluding tert-OH is 1. The second-order valence-corrected chi connectivity index (χ2v) is 5.05. The van der Waals surface area contributed by atoms with Crippen molar-refractivity contribution in [2.45, 2.75) is 50.7 Å². The summed E-state index contributed by atoms with van der Waals surface area (Å²) < 4.78 is 5.20. The molecule has 0 heterocycles. The monoisotopic (exact) mass is 341 g/mol. The number of rotatable bonds is 5. The zero-order chi connectivity index (χ0) is 12.0. The highest BCUT2D eigenvalue weighted by molar-refractivity contribution is 14.1. The Hall–Kier alpha value is 0.120. The van der Waals surface area contributed by atoms with E-state index in [0.29, 0.717) is 17.0 Å². The van der Waals surface area contributed by atoms with Crippen LogP contribution in [0.1, 0.15) is 38.5 Å². The lowest BCUT2D eigenvalue weighted by Gasteiger charge is -2.25. The molecule has 0 spiro atoms. The highest BCUT2D eigenvalue weighted by atomic mass is 127. The quantitative estimate of drug-likeness (QED) is 0.452. The Kier molecular flexibility index (Phi) is 6.60. The molecule has 0 aliphatic heterocycles. The second kappa shape index (κ2) is 7.45. The largest absolute Gasteiger partial charge is 0.454 e. The molecule has 1 fully saturated rings. The van der Waals surface area contributed by atoms with Crippen molar-refractivity contribution >= 4 is 28.6 Å². The summed E-state index contributed by atoms with van der Waals surface area (Å²) in [5, 5.41) is 9.36. The topological polar surface area (TPSA) is 72.5 Å². The maximum atomic E-state index is 11.3. The molecule has 3 N–H and O–H groups in total. The second-order valence-electron chi connectivity index (χ2n) is 4.43. The zero-order valence-corrected chi connectivity index (χ0v) is 11.6. The van der Waals surface area contributed by atoms with Gasteiger partial charge in [-0.2, -0.15) is 0 Å². The van der Waals surface area contributed by atoms with Crippen molar-refractivity contribution in [2.24, 2.45) is 11.7 Å². The maximum Gasteiger partial charge on any atom is 0.323 e. The molecule has 0 radical (unpaired) electrons. The van der Waals surface area contributed by atoms with Crippen LogP contribution in [0.25, 0.3) is 0 Å². The number of carbonyl (C=O) groups is 1. The van der Waals surface area contributed by atoms with Crippen LogP contribution < -0.4 is 5.73 Å². The van der Waals surface area contributed by atoms with E-state index in [0.717, 1.165) is 32.1 Å². The highest BCUT2D eigenvalue weighted by Crippen LogP contribution is 2.28. The summed E-state index contributed by atoms with van der Waals surface area (Å²) in [4.78, 5) is 11.3. The Morgan fingerprint density at radius 3 is 2.62 bits per heavy atom. The first-order valence-corrected chi connectivity index (χ1v) is 7.32. The number of nitrogens with two attached hydrogens (primary N) is 1. The van der Waals surface area contributed by atoms with E-state index in [1.54, 1.807) is 0 Å². The summed E-state index contributed by atoms with van der Waals surface area (Å²) >= 11 is 1.98. The smallest absolute Gasteiger partial charge is 0.323 e. The van der Waals surface area contributed by atoms with Crippen molar-refractivity contribution in [3.05, 3.63) is 0 Å². The van der Waals surface area contributed by atoms with Gasteiger partial charge in [0.15, 0.2) is 0 Å². The van der Waals surface area contributed by atoms with Crippen molar-refractivity contribution in [1.29, 1.82) is 0 Å². The third kappa shape index (κ3) is 4.97. The lowest BCUT2D eigenvalue weighted by Crippen LogP contribution is -2.33. The molecular weight excluding hydrogens is 321 g/mol. The number of hydrogen-bond acceptors (Lipinski definition) is 4. The van der Waals surface area contributed by atoms with E-state index < -0.39 is 6.04 Å². The van der Waals surface area contributed by atoms with Gasteiger partial charge in [0, 0.05) is 0 Å². The summed E-state index contributed by atoms with van der Waals surface area (Å²) in [6, 6.07) is -0.485. The number of ether oxygens (including phenoxy) is 1. The van der Waals surface area contributed by atoms with Gasteiger partial charge in [-0.15, -0.1) is 0 Å². The maximum absolute atomic E-state index is 11.3. The van der Waals surface area contributed by atoms with Gasteiger partial charge in [0.2, 0.25) is 0 Å². The molecule has 1 unspecified atom stereocenters. The van der Waals surface area contributed by atoms with Crippen LogP contribution in [-0.2, 0) is 9.53 Å². The van der Waals surface area contributed by atoms with Gasteiger partial charge < -0.3 is 15.6 Å². The average Bonchev–Trinajstić information content (AvgIpc) is 2.28. The minimum atomic E-state index is -0.485. The Balaban J connectivity index is 2.16. The van der Waals surface area contributed by atoms with E-state index in [4.69, 9.17) is 10.5 Å². The molecule has 1 atom stereocenters. The minimum absolute atomic E-state index is 0.117. The van der Waals surface area contributed by atoms with Crippen LogP contribution in [0.5, 0.6) is 0 Å². The van der Waals surface area contributed by atoms with Gasteiger partial charge in [-0.05, 0) is 67.0 Å². The lowest BCUT2D eigenvalue weighted by molar-refractivity contribution is -0.142. The summed E-state index contributed by atoms with van der Waals surface area (Å²) in [7, 11) is 0. The number of alkyl halides is 1. The fourth-order valence-corrected chi connectivity index (χ4v) is 2.43. The molecule has 0 aromatic carbocycles. The predicted molar refractivity (Wildman–Crippen MR) is 70.2 cm³/mol. The molecule has 1 saturated carbocycles. The normalized spacial score (nSPS) is 27.4. The third-order valence-corrected chi connectivity index (χ3v) is 3.51. The summed E-state index contributed by atoms with van der Waals surface area (Å²) in [5.41, 5.74) is 5.72. The summed E-state index contributed by atoms with van der Waals surface area (Å²) in [6.07, 6.45) is 5.41. The Morgan fingerprint density at radius 1 is 1.44 bits per heavy atom. The SMILES string of the molecule is NC(CCC1CCC(O)CC1)C(=O)OCI. The van der Waals surface area contributed by atoms with Crippen molar-refractivity contribution in [3.63, 3.8) is 0 Å². The van der Waals surface area contributed by atoms with Crippen LogP contribution in [0.15, 0.2) is 0 Å². The Labute approximate surface area is 110 Å². The van der Waals surface area contributed by atoms with E-state index in [-0.39, 0.29) is 12.1 Å². The highest BCUT2D eigenvalue weighted by Gasteiger charge is 2.21. The molecule has 5 heteroatoms. The van der Waals surface area contributed by atoms with Crippen LogP contribution >= 0.6 is 22.6 Å². The minimum Gasteiger partial charge on any atom is -0.454 e. The Morgan fingerprint density at radius 2 is 2.06 bits per heavy atom. The van der Waals surface area contributed by atoms with Crippen LogP contribution in [0.2, 0.25) is 0 Å². The molecule has 1 aliphatic rings. The molecule has 0 bridgehead atoms. The first-order chi connectivity index (χ1) is 7.63. The van der Waals surface area contributed by atoms with E-state index in [1.165, 1.54) is 0 Å². The van der Waals surface area contributed by atoms with Gasteiger partial charge in [0.05, 0.1) is 6.10 Å². The number of esters is 1. The summed E-state index contributed by atoms with van der Waals surface area (Å²) in [5.74, 6) is 0.312. The summed E-state index contributed by atoms with van der Waals surface area (Å²) in [6.45, 7) is 0. The van der Waals surface area contributed by atoms with E-state index in [2.05, 4.69) is 0 Å². The molecular formula is C11H20INO3. The van der Waals surface area contributed by atoms with Gasteiger partial charge in [-0.1, -0.05) is 0 Å². The molecule has 1 rings (SSSR count). The van der Waals surface area contributed by atoms with E-state index >= 15 is 0 Å². The molecule has 0 saturated heterocycles. The molecule has 1 aliphatic carbocycles. The fraction of sp³-hybridized carbons (Fsp3) is 0.909. The number of carbonyl (C=O) groups excluding carboxylic acids is 1. The number of aliphatic hydroxyl groups is 1. The lowest BCUT2D eigenvalue weighted by atomic mass is 9.84. The molecule has 0 aromatic rings. The van der Waals surface area contributed by atoms with Crippen LogP contribution in [0.4, 0.5) is 0 Å². The van der Waals surface area contributed by atoms with Crippen LogP contribution in [0, 0.1) is 5.92 Å². The van der Waals surface area contributed by atoms with Crippen molar-refractivity contribution in [2.75, 3.05) is 4.61 Å². The standard InChI is InChI=1S/C11H20INO3/c12-7-16-11(15)10(13)6-3-8-1-4-9(14)5-2-8/h8-10,14H,1-7,13H2. The van der Waals surface area contributed by atoms with E-state index in [1.807, 2.05) is 22.6 Å². The average molecular weight is 341 g/mol. The van der Waals surface area contributed by atoms with E-state index in [9.17, 15) is 9.90 Å². The molecule has 0 amide bonds. The molecule has 4 nitrogen and oxygen atoms in total.